The number of ether oxygens (including phenoxy) is 2. The Morgan fingerprint density at radius 3 is 2.65 bits per heavy atom. The molecule has 116 valence electrons. The third-order valence-electron chi connectivity index (χ3n) is 4.40. The van der Waals surface area contributed by atoms with Crippen LogP contribution in [0.3, 0.4) is 0 Å². The van der Waals surface area contributed by atoms with Crippen molar-refractivity contribution in [2.75, 3.05) is 19.8 Å². The Morgan fingerprint density at radius 1 is 1.25 bits per heavy atom. The molecular formula is C14H25NO4S. The van der Waals surface area contributed by atoms with E-state index in [-0.39, 0.29) is 23.5 Å². The second kappa shape index (κ2) is 5.55. The zero-order valence-electron chi connectivity index (χ0n) is 12.3. The Morgan fingerprint density at radius 2 is 2.00 bits per heavy atom. The zero-order chi connectivity index (χ0) is 14.3. The summed E-state index contributed by atoms with van der Waals surface area (Å²) in [6, 6.07) is -0.00786. The van der Waals surface area contributed by atoms with Gasteiger partial charge in [0, 0.05) is 13.2 Å². The molecule has 0 N–H and O–H groups in total. The summed E-state index contributed by atoms with van der Waals surface area (Å²) in [6.45, 7) is 5.97. The Bertz CT molecular complexity index is 446. The quantitative estimate of drug-likeness (QED) is 0.770. The molecule has 5 nitrogen and oxygen atoms in total. The molecule has 0 unspecified atom stereocenters. The van der Waals surface area contributed by atoms with Crippen molar-refractivity contribution in [1.82, 2.24) is 4.31 Å². The molecule has 0 aromatic heterocycles. The molecule has 0 aromatic rings. The monoisotopic (exact) mass is 303 g/mol. The van der Waals surface area contributed by atoms with Crippen LogP contribution >= 0.6 is 0 Å². The van der Waals surface area contributed by atoms with Gasteiger partial charge in [-0.2, -0.15) is 4.31 Å². The van der Waals surface area contributed by atoms with E-state index >= 15 is 0 Å². The first-order valence-electron chi connectivity index (χ1n) is 7.74. The third-order valence-corrected chi connectivity index (χ3v) is 6.82. The minimum absolute atomic E-state index is 0.00786. The fourth-order valence-corrected chi connectivity index (χ4v) is 5.30. The second-order valence-corrected chi connectivity index (χ2v) is 8.77. The van der Waals surface area contributed by atoms with Crippen LogP contribution in [-0.2, 0) is 19.5 Å². The summed E-state index contributed by atoms with van der Waals surface area (Å²) in [6.07, 6.45) is 3.39. The third kappa shape index (κ3) is 2.75. The molecule has 0 bridgehead atoms. The van der Waals surface area contributed by atoms with Crippen LogP contribution in [0.1, 0.15) is 39.5 Å². The first-order valence-corrected chi connectivity index (χ1v) is 9.24. The summed E-state index contributed by atoms with van der Waals surface area (Å²) in [4.78, 5) is 0. The highest BCUT2D eigenvalue weighted by molar-refractivity contribution is 7.90. The first kappa shape index (κ1) is 14.8. The van der Waals surface area contributed by atoms with Gasteiger partial charge in [-0.1, -0.05) is 13.8 Å². The lowest BCUT2D eigenvalue weighted by atomic mass is 10.1. The highest BCUT2D eigenvalue weighted by atomic mass is 32.2. The van der Waals surface area contributed by atoms with Gasteiger partial charge in [-0.05, 0) is 31.6 Å². The van der Waals surface area contributed by atoms with Crippen LogP contribution in [-0.4, -0.2) is 56.0 Å². The molecule has 1 aliphatic heterocycles. The van der Waals surface area contributed by atoms with Crippen LogP contribution in [0.25, 0.3) is 0 Å². The van der Waals surface area contributed by atoms with Gasteiger partial charge in [0.05, 0.1) is 24.0 Å². The van der Waals surface area contributed by atoms with Gasteiger partial charge < -0.3 is 9.47 Å². The normalized spacial score (nSPS) is 35.5. The molecule has 3 aliphatic rings. The maximum Gasteiger partial charge on any atom is 0.217 e. The number of nitrogens with zero attached hydrogens (tertiary/aromatic N) is 1. The van der Waals surface area contributed by atoms with Crippen molar-refractivity contribution in [3.63, 3.8) is 0 Å². The number of rotatable bonds is 5. The van der Waals surface area contributed by atoms with E-state index in [0.29, 0.717) is 25.7 Å². The van der Waals surface area contributed by atoms with E-state index in [0.717, 1.165) is 25.7 Å². The molecule has 0 spiro atoms. The highest BCUT2D eigenvalue weighted by Gasteiger charge is 2.50. The summed E-state index contributed by atoms with van der Waals surface area (Å²) in [7, 11) is -3.10. The summed E-state index contributed by atoms with van der Waals surface area (Å²) < 4.78 is 38.5. The fourth-order valence-electron chi connectivity index (χ4n) is 3.25. The summed E-state index contributed by atoms with van der Waals surface area (Å²) >= 11 is 0. The van der Waals surface area contributed by atoms with Gasteiger partial charge in [0.15, 0.2) is 0 Å². The average molecular weight is 303 g/mol. The first-order chi connectivity index (χ1) is 9.50. The van der Waals surface area contributed by atoms with E-state index in [9.17, 15) is 8.42 Å². The van der Waals surface area contributed by atoms with Crippen molar-refractivity contribution in [3.05, 3.63) is 0 Å². The molecule has 0 aromatic carbocycles. The van der Waals surface area contributed by atoms with Gasteiger partial charge in [0.2, 0.25) is 10.0 Å². The Labute approximate surface area is 121 Å². The number of sulfonamides is 1. The van der Waals surface area contributed by atoms with Crippen LogP contribution in [0.5, 0.6) is 0 Å². The van der Waals surface area contributed by atoms with E-state index in [2.05, 4.69) is 13.8 Å². The summed E-state index contributed by atoms with van der Waals surface area (Å²) in [5.41, 5.74) is 0. The minimum atomic E-state index is -3.10. The van der Waals surface area contributed by atoms with Crippen LogP contribution in [0.15, 0.2) is 0 Å². The second-order valence-electron chi connectivity index (χ2n) is 6.60. The van der Waals surface area contributed by atoms with E-state index in [1.807, 2.05) is 0 Å². The van der Waals surface area contributed by atoms with Crippen molar-refractivity contribution in [3.8, 4) is 0 Å². The molecule has 3 atom stereocenters. The molecule has 3 rings (SSSR count). The van der Waals surface area contributed by atoms with E-state index in [1.165, 1.54) is 0 Å². The lowest BCUT2D eigenvalue weighted by molar-refractivity contribution is -0.0999. The molecule has 3 fully saturated rings. The fraction of sp³-hybridized carbons (Fsp3) is 1.00. The molecular weight excluding hydrogens is 278 g/mol. The van der Waals surface area contributed by atoms with E-state index in [4.69, 9.17) is 9.47 Å². The predicted molar refractivity (Wildman–Crippen MR) is 76.0 cm³/mol. The van der Waals surface area contributed by atoms with E-state index in [1.54, 1.807) is 4.31 Å². The zero-order valence-corrected chi connectivity index (χ0v) is 13.1. The van der Waals surface area contributed by atoms with Crippen molar-refractivity contribution in [2.45, 2.75) is 63.0 Å². The van der Waals surface area contributed by atoms with Crippen molar-refractivity contribution in [2.24, 2.45) is 5.92 Å². The lowest BCUT2D eigenvalue weighted by Gasteiger charge is -2.38. The minimum Gasteiger partial charge on any atom is -0.375 e. The topological polar surface area (TPSA) is 55.8 Å². The van der Waals surface area contributed by atoms with Gasteiger partial charge in [-0.15, -0.1) is 0 Å². The molecule has 0 radical (unpaired) electrons. The number of hydrogen-bond acceptors (Lipinski definition) is 4. The molecule has 1 saturated heterocycles. The van der Waals surface area contributed by atoms with Crippen LogP contribution in [0.2, 0.25) is 0 Å². The SMILES string of the molecule is CC(C)CO[C@@H]1CC[C@H]2[C@H]1OCCN2S(=O)(=O)C1CC1. The van der Waals surface area contributed by atoms with Crippen LogP contribution < -0.4 is 0 Å². The van der Waals surface area contributed by atoms with Crippen LogP contribution in [0.4, 0.5) is 0 Å². The molecule has 6 heteroatoms. The summed E-state index contributed by atoms with van der Waals surface area (Å²) in [5, 5.41) is -0.128. The van der Waals surface area contributed by atoms with Crippen molar-refractivity contribution >= 4 is 10.0 Å². The molecule has 0 amide bonds. The van der Waals surface area contributed by atoms with Gasteiger partial charge >= 0.3 is 0 Å². The molecule has 1 heterocycles. The predicted octanol–water partition coefficient (Wildman–Crippen LogP) is 1.38. The van der Waals surface area contributed by atoms with Crippen LogP contribution in [0, 0.1) is 5.92 Å². The van der Waals surface area contributed by atoms with Gasteiger partial charge in [0.1, 0.15) is 6.10 Å². The molecule has 2 aliphatic carbocycles. The Kier molecular flexibility index (Phi) is 4.10. The van der Waals surface area contributed by atoms with Crippen molar-refractivity contribution in [1.29, 1.82) is 0 Å². The maximum atomic E-state index is 12.5. The Balaban J connectivity index is 1.69. The average Bonchev–Trinajstić information content (AvgIpc) is 3.18. The molecule has 2 saturated carbocycles. The highest BCUT2D eigenvalue weighted by Crippen LogP contribution is 2.38. The smallest absolute Gasteiger partial charge is 0.217 e. The maximum absolute atomic E-state index is 12.5. The number of fused-ring (bicyclic) bond motifs is 1. The van der Waals surface area contributed by atoms with Gasteiger partial charge in [-0.25, -0.2) is 8.42 Å². The van der Waals surface area contributed by atoms with Gasteiger partial charge in [-0.3, -0.25) is 0 Å². The standard InChI is InChI=1S/C14H25NO4S/c1-10(2)9-19-13-6-5-12-14(13)18-8-7-15(12)20(16,17)11-3-4-11/h10-14H,3-9H2,1-2H3/t12-,13+,14+/m0/s1. The Hall–Kier alpha value is -0.170. The van der Waals surface area contributed by atoms with Crippen molar-refractivity contribution < 1.29 is 17.9 Å². The number of morpholine rings is 1. The lowest BCUT2D eigenvalue weighted by Crippen LogP contribution is -2.54. The largest absolute Gasteiger partial charge is 0.375 e. The van der Waals surface area contributed by atoms with E-state index < -0.39 is 10.0 Å². The summed E-state index contributed by atoms with van der Waals surface area (Å²) in [5.74, 6) is 0.490. The molecule has 20 heavy (non-hydrogen) atoms. The number of hydrogen-bond donors (Lipinski definition) is 0. The van der Waals surface area contributed by atoms with Gasteiger partial charge in [0.25, 0.3) is 0 Å².